The summed E-state index contributed by atoms with van der Waals surface area (Å²) in [4.78, 5) is 9.13. The molecule has 0 aromatic rings. The van der Waals surface area contributed by atoms with E-state index in [0.717, 1.165) is 51.4 Å². The minimum absolute atomic E-state index is 0.00419. The topological polar surface area (TPSA) is 84.3 Å². The minimum atomic E-state index is 0.00419. The van der Waals surface area contributed by atoms with Gasteiger partial charge in [-0.15, -0.1) is 0 Å². The second-order valence-electron chi connectivity index (χ2n) is 7.77. The summed E-state index contributed by atoms with van der Waals surface area (Å²) in [5.74, 6) is 0. The zero-order valence-corrected chi connectivity index (χ0v) is 18.2. The highest BCUT2D eigenvalue weighted by atomic mass is 15.3. The number of likely N-dealkylation sites (tertiary alicyclic amines) is 1. The first-order valence-corrected chi connectivity index (χ1v) is 9.66. The molecule has 1 fully saturated rings. The predicted molar refractivity (Wildman–Crippen MR) is 111 cm³/mol. The number of allylic oxidation sites excluding steroid dienone is 4. The molecule has 28 heavy (non-hydrogen) atoms. The van der Waals surface area contributed by atoms with E-state index < -0.39 is 0 Å². The van der Waals surface area contributed by atoms with Gasteiger partial charge in [0.25, 0.3) is 0 Å². The van der Waals surface area contributed by atoms with Crippen LogP contribution >= 0.6 is 0 Å². The third kappa shape index (κ3) is 6.66. The molecule has 1 unspecified atom stereocenters. The van der Waals surface area contributed by atoms with Gasteiger partial charge in [-0.25, -0.2) is 0 Å². The number of likely N-dealkylation sites (N-methyl/N-ethyl adjacent to an activating group) is 3. The monoisotopic (exact) mass is 383 g/mol. The molecule has 0 aromatic carbocycles. The lowest BCUT2D eigenvalue weighted by Gasteiger charge is -2.28. The quantitative estimate of drug-likeness (QED) is 0.442. The molecule has 0 saturated carbocycles. The van der Waals surface area contributed by atoms with Crippen LogP contribution in [0.15, 0.2) is 22.4 Å². The molecule has 1 saturated heterocycles. The summed E-state index contributed by atoms with van der Waals surface area (Å²) < 4.78 is 0. The maximum absolute atomic E-state index is 9.57. The fraction of sp³-hybridized carbons (Fsp3) is 0.667. The Kier molecular flexibility index (Phi) is 9.69. The number of rotatable bonds is 9. The van der Waals surface area contributed by atoms with Gasteiger partial charge in [0, 0.05) is 51.0 Å². The van der Waals surface area contributed by atoms with Crippen molar-refractivity contribution in [3.63, 3.8) is 0 Å². The first kappa shape index (κ1) is 23.7. The average Bonchev–Trinajstić information content (AvgIpc) is 3.16. The highest BCUT2D eigenvalue weighted by Crippen LogP contribution is 2.24. The lowest BCUT2D eigenvalue weighted by Crippen LogP contribution is -2.40. The largest absolute Gasteiger partial charge is 0.372 e. The van der Waals surface area contributed by atoms with E-state index in [9.17, 15) is 5.26 Å². The summed E-state index contributed by atoms with van der Waals surface area (Å²) in [7, 11) is 8.49. The SMILES string of the molecule is CC(=C(C#N)C#N)/C(C#N)=C(\C)N1CCC(N(C)CCN(C)CCN(C)C)C1. The van der Waals surface area contributed by atoms with Gasteiger partial charge >= 0.3 is 0 Å². The maximum atomic E-state index is 9.57. The Balaban J connectivity index is 2.72. The van der Waals surface area contributed by atoms with Gasteiger partial charge in [-0.05, 0) is 54.0 Å². The van der Waals surface area contributed by atoms with Crippen LogP contribution in [0.5, 0.6) is 0 Å². The molecule has 7 nitrogen and oxygen atoms in total. The van der Waals surface area contributed by atoms with Gasteiger partial charge in [0.2, 0.25) is 0 Å². The summed E-state index contributed by atoms with van der Waals surface area (Å²) in [5, 5.41) is 27.7. The van der Waals surface area contributed by atoms with Crippen LogP contribution in [-0.2, 0) is 0 Å². The molecule has 0 amide bonds. The van der Waals surface area contributed by atoms with Gasteiger partial charge in [-0.3, -0.25) is 0 Å². The number of nitriles is 3. The predicted octanol–water partition coefficient (Wildman–Crippen LogP) is 1.65. The third-order valence-corrected chi connectivity index (χ3v) is 5.47. The molecule has 1 heterocycles. The highest BCUT2D eigenvalue weighted by Gasteiger charge is 2.27. The molecule has 0 aliphatic carbocycles. The van der Waals surface area contributed by atoms with E-state index >= 15 is 0 Å². The molecular weight excluding hydrogens is 350 g/mol. The molecular formula is C21H33N7. The number of nitrogens with zero attached hydrogens (tertiary/aromatic N) is 7. The van der Waals surface area contributed by atoms with Crippen LogP contribution in [0.4, 0.5) is 0 Å². The summed E-state index contributed by atoms with van der Waals surface area (Å²) in [6.45, 7) is 9.45. The molecule has 0 N–H and O–H groups in total. The van der Waals surface area contributed by atoms with Crippen molar-refractivity contribution in [3.05, 3.63) is 22.4 Å². The Morgan fingerprint density at radius 2 is 1.54 bits per heavy atom. The van der Waals surface area contributed by atoms with E-state index in [1.165, 1.54) is 0 Å². The molecule has 1 atom stereocenters. The second kappa shape index (κ2) is 11.5. The normalized spacial score (nSPS) is 17.4. The first-order valence-electron chi connectivity index (χ1n) is 9.66. The molecule has 1 aliphatic heterocycles. The van der Waals surface area contributed by atoms with Gasteiger partial charge < -0.3 is 19.6 Å². The second-order valence-corrected chi connectivity index (χ2v) is 7.77. The first-order chi connectivity index (χ1) is 13.2. The van der Waals surface area contributed by atoms with Crippen molar-refractivity contribution in [3.8, 4) is 18.2 Å². The van der Waals surface area contributed by atoms with Gasteiger partial charge in [-0.1, -0.05) is 0 Å². The van der Waals surface area contributed by atoms with Gasteiger partial charge in [0.15, 0.2) is 0 Å². The van der Waals surface area contributed by atoms with Crippen LogP contribution < -0.4 is 0 Å². The fourth-order valence-electron chi connectivity index (χ4n) is 3.31. The minimum Gasteiger partial charge on any atom is -0.372 e. The van der Waals surface area contributed by atoms with Crippen molar-refractivity contribution in [1.29, 1.82) is 15.8 Å². The smallest absolute Gasteiger partial charge is 0.133 e. The van der Waals surface area contributed by atoms with Crippen LogP contribution in [0.2, 0.25) is 0 Å². The molecule has 0 spiro atoms. The molecule has 1 rings (SSSR count). The van der Waals surface area contributed by atoms with E-state index in [4.69, 9.17) is 10.5 Å². The molecule has 0 radical (unpaired) electrons. The Morgan fingerprint density at radius 3 is 2.07 bits per heavy atom. The molecule has 0 bridgehead atoms. The van der Waals surface area contributed by atoms with E-state index in [-0.39, 0.29) is 5.57 Å². The van der Waals surface area contributed by atoms with Crippen molar-refractivity contribution in [1.82, 2.24) is 19.6 Å². The van der Waals surface area contributed by atoms with E-state index in [1.807, 2.05) is 19.1 Å². The Morgan fingerprint density at radius 1 is 0.929 bits per heavy atom. The van der Waals surface area contributed by atoms with Crippen LogP contribution in [0.25, 0.3) is 0 Å². The maximum Gasteiger partial charge on any atom is 0.133 e. The Bertz CT molecular complexity index is 699. The van der Waals surface area contributed by atoms with Gasteiger partial charge in [-0.2, -0.15) is 15.8 Å². The van der Waals surface area contributed by atoms with E-state index in [0.29, 0.717) is 17.2 Å². The van der Waals surface area contributed by atoms with Crippen molar-refractivity contribution in [2.75, 3.05) is 67.5 Å². The van der Waals surface area contributed by atoms with Crippen LogP contribution in [-0.4, -0.2) is 93.1 Å². The Labute approximate surface area is 170 Å². The van der Waals surface area contributed by atoms with Gasteiger partial charge in [0.05, 0.1) is 5.57 Å². The zero-order chi connectivity index (χ0) is 21.3. The summed E-state index contributed by atoms with van der Waals surface area (Å²) in [6, 6.07) is 6.39. The van der Waals surface area contributed by atoms with E-state index in [2.05, 4.69) is 53.9 Å². The Hall–Kier alpha value is -2.37. The van der Waals surface area contributed by atoms with Gasteiger partial charge in [0.1, 0.15) is 23.8 Å². The lowest BCUT2D eigenvalue weighted by atomic mass is 10.0. The van der Waals surface area contributed by atoms with Crippen molar-refractivity contribution < 1.29 is 0 Å². The van der Waals surface area contributed by atoms with Crippen LogP contribution in [0.1, 0.15) is 20.3 Å². The summed E-state index contributed by atoms with van der Waals surface area (Å²) in [6.07, 6.45) is 1.04. The van der Waals surface area contributed by atoms with Crippen molar-refractivity contribution >= 4 is 0 Å². The van der Waals surface area contributed by atoms with Crippen LogP contribution in [0.3, 0.4) is 0 Å². The number of hydrogen-bond donors (Lipinski definition) is 0. The lowest BCUT2D eigenvalue weighted by molar-refractivity contribution is 0.199. The third-order valence-electron chi connectivity index (χ3n) is 5.47. The summed E-state index contributed by atoms with van der Waals surface area (Å²) >= 11 is 0. The fourth-order valence-corrected chi connectivity index (χ4v) is 3.31. The number of hydrogen-bond acceptors (Lipinski definition) is 7. The zero-order valence-electron chi connectivity index (χ0n) is 18.2. The van der Waals surface area contributed by atoms with Crippen LogP contribution in [0, 0.1) is 34.0 Å². The average molecular weight is 384 g/mol. The molecule has 0 aromatic heterocycles. The highest BCUT2D eigenvalue weighted by molar-refractivity contribution is 5.54. The van der Waals surface area contributed by atoms with Crippen molar-refractivity contribution in [2.24, 2.45) is 0 Å². The molecule has 7 heteroatoms. The van der Waals surface area contributed by atoms with Crippen molar-refractivity contribution in [2.45, 2.75) is 26.3 Å². The molecule has 1 aliphatic rings. The standard InChI is InChI=1S/C21H33N7/c1-17(19(13-22)14-23)21(15-24)18(2)28-8-7-20(16-28)27(6)12-11-26(5)10-9-25(3)4/h20H,7-12,16H2,1-6H3/b21-18+. The molecule has 152 valence electrons. The van der Waals surface area contributed by atoms with E-state index in [1.54, 1.807) is 6.92 Å². The summed E-state index contributed by atoms with van der Waals surface area (Å²) in [5.41, 5.74) is 1.75.